The van der Waals surface area contributed by atoms with Crippen LogP contribution < -0.4 is 10.6 Å². The number of carbonyl (C=O) groups excluding carboxylic acids is 3. The quantitative estimate of drug-likeness (QED) is 0.778. The lowest BCUT2D eigenvalue weighted by Gasteiger charge is -2.24. The van der Waals surface area contributed by atoms with Crippen molar-refractivity contribution in [2.24, 2.45) is 0 Å². The van der Waals surface area contributed by atoms with Crippen LogP contribution in [0, 0.1) is 0 Å². The smallest absolute Gasteiger partial charge is 0.408 e. The molecule has 0 unspecified atom stereocenters. The number of hydrogen-bond donors (Lipinski definition) is 2. The summed E-state index contributed by atoms with van der Waals surface area (Å²) in [4.78, 5) is 34.6. The Morgan fingerprint density at radius 2 is 1.75 bits per heavy atom. The minimum atomic E-state index is -0.927. The van der Waals surface area contributed by atoms with Gasteiger partial charge in [-0.05, 0) is 33.3 Å². The second-order valence-electron chi connectivity index (χ2n) is 6.30. The molecule has 132 valence electrons. The fourth-order valence-electron chi connectivity index (χ4n) is 1.76. The highest BCUT2D eigenvalue weighted by atomic mass is 16.6. The van der Waals surface area contributed by atoms with Gasteiger partial charge in [-0.1, -0.05) is 30.3 Å². The largest absolute Gasteiger partial charge is 0.445 e. The average Bonchev–Trinajstić information content (AvgIpc) is 2.49. The molecule has 0 heterocycles. The standard InChI is InChI=1S/C17H24N2O5/c1-12(14(10-20)19-16(22)24-17(2,3)4)18-15(21)23-11-13-8-6-5-7-9-13/h5-10,12,14H,11H2,1-4H3,(H,18,21)(H,19,22)/t12-,14+/m1/s1. The van der Waals surface area contributed by atoms with Crippen molar-refractivity contribution in [2.75, 3.05) is 0 Å². The molecule has 7 heteroatoms. The zero-order valence-electron chi connectivity index (χ0n) is 14.4. The third-order valence-electron chi connectivity index (χ3n) is 2.93. The fraction of sp³-hybridized carbons (Fsp3) is 0.471. The average molecular weight is 336 g/mol. The van der Waals surface area contributed by atoms with Gasteiger partial charge >= 0.3 is 12.2 Å². The number of benzene rings is 1. The minimum absolute atomic E-state index is 0.116. The van der Waals surface area contributed by atoms with E-state index in [1.54, 1.807) is 27.7 Å². The van der Waals surface area contributed by atoms with E-state index in [4.69, 9.17) is 9.47 Å². The molecule has 2 atom stereocenters. The Morgan fingerprint density at radius 1 is 1.12 bits per heavy atom. The van der Waals surface area contributed by atoms with Gasteiger partial charge in [0.25, 0.3) is 0 Å². The van der Waals surface area contributed by atoms with E-state index in [9.17, 15) is 14.4 Å². The van der Waals surface area contributed by atoms with E-state index in [2.05, 4.69) is 10.6 Å². The van der Waals surface area contributed by atoms with Gasteiger partial charge in [-0.15, -0.1) is 0 Å². The van der Waals surface area contributed by atoms with E-state index >= 15 is 0 Å². The fourth-order valence-corrected chi connectivity index (χ4v) is 1.76. The van der Waals surface area contributed by atoms with Crippen LogP contribution in [0.1, 0.15) is 33.3 Å². The molecular formula is C17H24N2O5. The lowest BCUT2D eigenvalue weighted by Crippen LogP contribution is -2.52. The molecular weight excluding hydrogens is 312 g/mol. The number of rotatable bonds is 6. The van der Waals surface area contributed by atoms with Crippen molar-refractivity contribution in [3.63, 3.8) is 0 Å². The lowest BCUT2D eigenvalue weighted by molar-refractivity contribution is -0.110. The van der Waals surface area contributed by atoms with Gasteiger partial charge in [-0.25, -0.2) is 9.59 Å². The Morgan fingerprint density at radius 3 is 2.29 bits per heavy atom. The molecule has 0 aliphatic rings. The van der Waals surface area contributed by atoms with Crippen molar-refractivity contribution in [3.8, 4) is 0 Å². The predicted octanol–water partition coefficient (Wildman–Crippen LogP) is 2.39. The second-order valence-corrected chi connectivity index (χ2v) is 6.30. The van der Waals surface area contributed by atoms with Gasteiger partial charge in [0, 0.05) is 0 Å². The molecule has 1 aromatic carbocycles. The SMILES string of the molecule is C[C@@H](NC(=O)OCc1ccccc1)[C@H](C=O)NC(=O)OC(C)(C)C. The first kappa shape index (κ1) is 19.5. The number of aldehydes is 1. The molecule has 0 spiro atoms. The molecule has 0 fully saturated rings. The maximum atomic E-state index is 11.8. The van der Waals surface area contributed by atoms with Crippen molar-refractivity contribution >= 4 is 18.5 Å². The van der Waals surface area contributed by atoms with E-state index < -0.39 is 29.9 Å². The van der Waals surface area contributed by atoms with Crippen molar-refractivity contribution in [1.82, 2.24) is 10.6 Å². The summed E-state index contributed by atoms with van der Waals surface area (Å²) in [7, 11) is 0. The van der Waals surface area contributed by atoms with E-state index in [0.29, 0.717) is 6.29 Å². The van der Waals surface area contributed by atoms with E-state index in [1.165, 1.54) is 0 Å². The van der Waals surface area contributed by atoms with Crippen LogP contribution in [0.5, 0.6) is 0 Å². The molecule has 0 bridgehead atoms. The van der Waals surface area contributed by atoms with Crippen LogP contribution in [0.4, 0.5) is 9.59 Å². The summed E-state index contributed by atoms with van der Waals surface area (Å²) in [5, 5.41) is 4.91. The summed E-state index contributed by atoms with van der Waals surface area (Å²) in [6, 6.07) is 7.62. The summed E-state index contributed by atoms with van der Waals surface area (Å²) in [6.07, 6.45) is -0.874. The molecule has 0 aromatic heterocycles. The lowest BCUT2D eigenvalue weighted by atomic mass is 10.1. The molecule has 24 heavy (non-hydrogen) atoms. The highest BCUT2D eigenvalue weighted by molar-refractivity contribution is 5.75. The highest BCUT2D eigenvalue weighted by Crippen LogP contribution is 2.07. The second kappa shape index (κ2) is 8.90. The highest BCUT2D eigenvalue weighted by Gasteiger charge is 2.24. The molecule has 0 saturated carbocycles. The van der Waals surface area contributed by atoms with Crippen molar-refractivity contribution in [1.29, 1.82) is 0 Å². The van der Waals surface area contributed by atoms with E-state index in [-0.39, 0.29) is 6.61 Å². The summed E-state index contributed by atoms with van der Waals surface area (Å²) in [5.41, 5.74) is 0.169. The zero-order valence-corrected chi connectivity index (χ0v) is 14.4. The van der Waals surface area contributed by atoms with Crippen LogP contribution >= 0.6 is 0 Å². The van der Waals surface area contributed by atoms with Gasteiger partial charge in [0.15, 0.2) is 0 Å². The first-order valence-electron chi connectivity index (χ1n) is 7.63. The maximum Gasteiger partial charge on any atom is 0.408 e. The van der Waals surface area contributed by atoms with E-state index in [1.807, 2.05) is 30.3 Å². The molecule has 2 N–H and O–H groups in total. The van der Waals surface area contributed by atoms with Gasteiger partial charge in [-0.2, -0.15) is 0 Å². The molecule has 0 aliphatic heterocycles. The molecule has 7 nitrogen and oxygen atoms in total. The summed E-state index contributed by atoms with van der Waals surface area (Å²) in [5.74, 6) is 0. The van der Waals surface area contributed by atoms with Gasteiger partial charge in [0.05, 0.1) is 6.04 Å². The minimum Gasteiger partial charge on any atom is -0.445 e. The molecule has 1 rings (SSSR count). The predicted molar refractivity (Wildman–Crippen MR) is 88.4 cm³/mol. The molecule has 1 aromatic rings. The van der Waals surface area contributed by atoms with Crippen LogP contribution in [0.25, 0.3) is 0 Å². The van der Waals surface area contributed by atoms with Gasteiger partial charge in [-0.3, -0.25) is 0 Å². The van der Waals surface area contributed by atoms with Crippen LogP contribution in [0.3, 0.4) is 0 Å². The first-order valence-corrected chi connectivity index (χ1v) is 7.63. The molecule has 0 radical (unpaired) electrons. The number of amides is 2. The number of ether oxygens (including phenoxy) is 2. The van der Waals surface area contributed by atoms with Crippen LogP contribution in [-0.2, 0) is 20.9 Å². The molecule has 2 amide bonds. The third kappa shape index (κ3) is 7.62. The Balaban J connectivity index is 2.45. The van der Waals surface area contributed by atoms with Crippen molar-refractivity contribution < 1.29 is 23.9 Å². The van der Waals surface area contributed by atoms with Crippen molar-refractivity contribution in [3.05, 3.63) is 35.9 Å². The Hall–Kier alpha value is -2.57. The van der Waals surface area contributed by atoms with Crippen LogP contribution in [0.15, 0.2) is 30.3 Å². The van der Waals surface area contributed by atoms with Gasteiger partial charge in [0.1, 0.15) is 24.5 Å². The summed E-state index contributed by atoms with van der Waals surface area (Å²) >= 11 is 0. The zero-order chi connectivity index (χ0) is 18.2. The number of hydrogen-bond acceptors (Lipinski definition) is 5. The molecule has 0 aliphatic carbocycles. The summed E-state index contributed by atoms with van der Waals surface area (Å²) in [6.45, 7) is 6.84. The monoisotopic (exact) mass is 336 g/mol. The number of alkyl carbamates (subject to hydrolysis) is 2. The Bertz CT molecular complexity index is 554. The van der Waals surface area contributed by atoms with Crippen molar-refractivity contribution in [2.45, 2.75) is 52.0 Å². The molecule has 0 saturated heterocycles. The topological polar surface area (TPSA) is 93.7 Å². The summed E-state index contributed by atoms with van der Waals surface area (Å²) < 4.78 is 10.1. The maximum absolute atomic E-state index is 11.8. The van der Waals surface area contributed by atoms with Crippen LogP contribution in [-0.4, -0.2) is 36.2 Å². The number of nitrogens with one attached hydrogen (secondary N) is 2. The number of carbonyl (C=O) groups is 3. The normalized spacial score (nSPS) is 13.3. The van der Waals surface area contributed by atoms with Gasteiger partial charge < -0.3 is 24.9 Å². The Kier molecular flexibility index (Phi) is 7.23. The third-order valence-corrected chi connectivity index (χ3v) is 2.93. The van der Waals surface area contributed by atoms with Crippen LogP contribution in [0.2, 0.25) is 0 Å². The van der Waals surface area contributed by atoms with E-state index in [0.717, 1.165) is 5.56 Å². The Labute approximate surface area is 141 Å². The van der Waals surface area contributed by atoms with Gasteiger partial charge in [0.2, 0.25) is 0 Å². The first-order chi connectivity index (χ1) is 11.2.